The summed E-state index contributed by atoms with van der Waals surface area (Å²) in [6.45, 7) is 9.13. The summed E-state index contributed by atoms with van der Waals surface area (Å²) >= 11 is 0. The van der Waals surface area contributed by atoms with E-state index in [9.17, 15) is 23.3 Å². The predicted octanol–water partition coefficient (Wildman–Crippen LogP) is 4.14. The van der Waals surface area contributed by atoms with Crippen molar-refractivity contribution in [3.63, 3.8) is 0 Å². The molecule has 0 fully saturated rings. The lowest BCUT2D eigenvalue weighted by Gasteiger charge is -2.24. The molecule has 2 rings (SSSR count). The highest BCUT2D eigenvalue weighted by Crippen LogP contribution is 2.39. The summed E-state index contributed by atoms with van der Waals surface area (Å²) < 4.78 is 31.5. The van der Waals surface area contributed by atoms with Crippen molar-refractivity contribution in [1.29, 1.82) is 0 Å². The predicted molar refractivity (Wildman–Crippen MR) is 121 cm³/mol. The van der Waals surface area contributed by atoms with Crippen LogP contribution in [0.3, 0.4) is 0 Å². The number of nitro benzene ring substituents is 1. The molecular weight excluding hydrogens is 422 g/mol. The first kappa shape index (κ1) is 24.1. The van der Waals surface area contributed by atoms with Crippen LogP contribution in [0.15, 0.2) is 24.3 Å². The molecule has 0 aliphatic rings. The van der Waals surface area contributed by atoms with Crippen LogP contribution in [-0.2, 0) is 15.4 Å². The molecule has 0 aromatic heterocycles. The van der Waals surface area contributed by atoms with E-state index in [0.717, 1.165) is 11.8 Å². The van der Waals surface area contributed by atoms with Crippen LogP contribution in [-0.4, -0.2) is 32.6 Å². The van der Waals surface area contributed by atoms with Crippen molar-refractivity contribution in [1.82, 2.24) is 0 Å². The molecule has 0 aliphatic heterocycles. The molecule has 2 aromatic carbocycles. The lowest BCUT2D eigenvalue weighted by atomic mass is 9.86. The SMILES string of the molecule is COc1c(NC(=O)c2cc(C)c(C)c([N+](=O)[O-])c2)cc(C(C)(C)C)cc1NS(C)(=O)=O. The van der Waals surface area contributed by atoms with Gasteiger partial charge in [0.2, 0.25) is 10.0 Å². The lowest BCUT2D eigenvalue weighted by molar-refractivity contribution is -0.385. The Morgan fingerprint density at radius 1 is 1.10 bits per heavy atom. The van der Waals surface area contributed by atoms with E-state index >= 15 is 0 Å². The number of amides is 1. The van der Waals surface area contributed by atoms with E-state index in [1.54, 1.807) is 32.0 Å². The molecular formula is C21H27N3O6S. The highest BCUT2D eigenvalue weighted by molar-refractivity contribution is 7.92. The molecule has 168 valence electrons. The minimum Gasteiger partial charge on any atom is -0.492 e. The van der Waals surface area contributed by atoms with Crippen molar-refractivity contribution in [3.05, 3.63) is 56.6 Å². The van der Waals surface area contributed by atoms with Gasteiger partial charge < -0.3 is 10.1 Å². The largest absolute Gasteiger partial charge is 0.492 e. The Morgan fingerprint density at radius 2 is 1.68 bits per heavy atom. The summed E-state index contributed by atoms with van der Waals surface area (Å²) in [6.07, 6.45) is 1.02. The van der Waals surface area contributed by atoms with Crippen LogP contribution >= 0.6 is 0 Å². The normalized spacial score (nSPS) is 11.7. The minimum absolute atomic E-state index is 0.107. The summed E-state index contributed by atoms with van der Waals surface area (Å²) in [5.41, 5.74) is 1.85. The lowest BCUT2D eigenvalue weighted by Crippen LogP contribution is -2.18. The fourth-order valence-corrected chi connectivity index (χ4v) is 3.56. The van der Waals surface area contributed by atoms with Crippen molar-refractivity contribution >= 4 is 33.0 Å². The van der Waals surface area contributed by atoms with Gasteiger partial charge in [0.15, 0.2) is 5.75 Å². The van der Waals surface area contributed by atoms with Crippen molar-refractivity contribution < 1.29 is 22.9 Å². The number of nitrogens with one attached hydrogen (secondary N) is 2. The van der Waals surface area contributed by atoms with Gasteiger partial charge in [-0.25, -0.2) is 8.42 Å². The fraction of sp³-hybridized carbons (Fsp3) is 0.381. The van der Waals surface area contributed by atoms with Gasteiger partial charge in [-0.1, -0.05) is 20.8 Å². The Balaban J connectivity index is 2.61. The summed E-state index contributed by atoms with van der Waals surface area (Å²) in [7, 11) is -2.26. The molecule has 0 aliphatic carbocycles. The van der Waals surface area contributed by atoms with Crippen molar-refractivity contribution in [2.45, 2.75) is 40.0 Å². The Morgan fingerprint density at radius 3 is 2.16 bits per heavy atom. The smallest absolute Gasteiger partial charge is 0.273 e. The molecule has 2 aromatic rings. The molecule has 9 nitrogen and oxygen atoms in total. The third-order valence-electron chi connectivity index (χ3n) is 4.80. The second-order valence-corrected chi connectivity index (χ2v) is 10.1. The van der Waals surface area contributed by atoms with Crippen LogP contribution in [0.2, 0.25) is 0 Å². The maximum atomic E-state index is 13.0. The quantitative estimate of drug-likeness (QED) is 0.504. The molecule has 31 heavy (non-hydrogen) atoms. The van der Waals surface area contributed by atoms with Gasteiger partial charge in [-0.05, 0) is 48.6 Å². The van der Waals surface area contributed by atoms with Crippen molar-refractivity contribution in [3.8, 4) is 5.75 Å². The van der Waals surface area contributed by atoms with Crippen LogP contribution in [0.25, 0.3) is 0 Å². The van der Waals surface area contributed by atoms with Gasteiger partial charge in [0.25, 0.3) is 11.6 Å². The number of rotatable bonds is 6. The van der Waals surface area contributed by atoms with E-state index < -0.39 is 20.9 Å². The zero-order valence-corrected chi connectivity index (χ0v) is 19.4. The van der Waals surface area contributed by atoms with Gasteiger partial charge in [-0.2, -0.15) is 0 Å². The van der Waals surface area contributed by atoms with Gasteiger partial charge in [-0.3, -0.25) is 19.6 Å². The number of methoxy groups -OCH3 is 1. The Hall–Kier alpha value is -3.14. The average Bonchev–Trinajstić information content (AvgIpc) is 2.61. The molecule has 0 bridgehead atoms. The molecule has 2 N–H and O–H groups in total. The molecule has 10 heteroatoms. The number of hydrogen-bond acceptors (Lipinski definition) is 6. The first-order chi connectivity index (χ1) is 14.1. The number of ether oxygens (including phenoxy) is 1. The Labute approximate surface area is 182 Å². The van der Waals surface area contributed by atoms with Gasteiger partial charge in [-0.15, -0.1) is 0 Å². The van der Waals surface area contributed by atoms with Gasteiger partial charge >= 0.3 is 0 Å². The summed E-state index contributed by atoms with van der Waals surface area (Å²) in [4.78, 5) is 23.7. The molecule has 1 amide bonds. The monoisotopic (exact) mass is 449 g/mol. The van der Waals surface area contributed by atoms with Crippen LogP contribution in [0.4, 0.5) is 17.1 Å². The number of nitro groups is 1. The van der Waals surface area contributed by atoms with E-state index in [0.29, 0.717) is 11.1 Å². The summed E-state index contributed by atoms with van der Waals surface area (Å²) in [5.74, 6) is -0.453. The molecule has 0 saturated heterocycles. The standard InChI is InChI=1S/C21H27N3O6S/c1-12-8-14(9-18(13(12)2)24(26)27)20(25)22-16-10-15(21(3,4)5)11-17(19(16)30-6)23-31(7,28)29/h8-11,23H,1-7H3,(H,22,25). The van der Waals surface area contributed by atoms with Crippen LogP contribution < -0.4 is 14.8 Å². The number of aryl methyl sites for hydroxylation is 1. The van der Waals surface area contributed by atoms with Crippen molar-refractivity contribution in [2.75, 3.05) is 23.4 Å². The number of anilines is 2. The Bertz CT molecular complexity index is 1150. The van der Waals surface area contributed by atoms with Crippen LogP contribution in [0.1, 0.15) is 47.8 Å². The fourth-order valence-electron chi connectivity index (χ4n) is 3.01. The number of carbonyl (C=O) groups excluding carboxylic acids is 1. The highest BCUT2D eigenvalue weighted by atomic mass is 32.2. The van der Waals surface area contributed by atoms with Crippen LogP contribution in [0, 0.1) is 24.0 Å². The third-order valence-corrected chi connectivity index (χ3v) is 5.39. The number of carbonyl (C=O) groups is 1. The number of sulfonamides is 1. The first-order valence-corrected chi connectivity index (χ1v) is 11.3. The highest BCUT2D eigenvalue weighted by Gasteiger charge is 2.23. The molecule has 0 radical (unpaired) electrons. The van der Waals surface area contributed by atoms with Crippen molar-refractivity contribution in [2.24, 2.45) is 0 Å². The Kier molecular flexibility index (Phi) is 6.65. The average molecular weight is 450 g/mol. The zero-order valence-electron chi connectivity index (χ0n) is 18.6. The topological polar surface area (TPSA) is 128 Å². The molecule has 0 unspecified atom stereocenters. The number of benzene rings is 2. The maximum Gasteiger partial charge on any atom is 0.273 e. The van der Waals surface area contributed by atoms with Gasteiger partial charge in [0, 0.05) is 17.2 Å². The van der Waals surface area contributed by atoms with Gasteiger partial charge in [0.05, 0.1) is 29.7 Å². The van der Waals surface area contributed by atoms with E-state index in [1.807, 2.05) is 20.8 Å². The second-order valence-electron chi connectivity index (χ2n) is 8.38. The van der Waals surface area contributed by atoms with E-state index in [2.05, 4.69) is 10.0 Å². The first-order valence-electron chi connectivity index (χ1n) is 9.41. The van der Waals surface area contributed by atoms with Gasteiger partial charge in [0.1, 0.15) is 0 Å². The molecule has 0 heterocycles. The number of nitrogens with zero attached hydrogens (tertiary/aromatic N) is 1. The number of hydrogen-bond donors (Lipinski definition) is 2. The van der Waals surface area contributed by atoms with E-state index in [-0.39, 0.29) is 33.8 Å². The second kappa shape index (κ2) is 8.54. The zero-order chi connectivity index (χ0) is 23.7. The maximum absolute atomic E-state index is 13.0. The minimum atomic E-state index is -3.61. The summed E-state index contributed by atoms with van der Waals surface area (Å²) in [6, 6.07) is 6.12. The van der Waals surface area contributed by atoms with E-state index in [1.165, 1.54) is 13.2 Å². The van der Waals surface area contributed by atoms with Crippen LogP contribution in [0.5, 0.6) is 5.75 Å². The molecule has 0 spiro atoms. The molecule has 0 saturated carbocycles. The molecule has 0 atom stereocenters. The summed E-state index contributed by atoms with van der Waals surface area (Å²) in [5, 5.41) is 14.0. The third kappa shape index (κ3) is 5.72. The van der Waals surface area contributed by atoms with E-state index in [4.69, 9.17) is 4.74 Å².